The van der Waals surface area contributed by atoms with E-state index in [-0.39, 0.29) is 13.2 Å². The average Bonchev–Trinajstić information content (AvgIpc) is 3.60. The van der Waals surface area contributed by atoms with Gasteiger partial charge in [0, 0.05) is 41.9 Å². The van der Waals surface area contributed by atoms with Gasteiger partial charge in [0.25, 0.3) is 0 Å². The molecule has 194 valence electrons. The Balaban J connectivity index is 1.54. The van der Waals surface area contributed by atoms with Gasteiger partial charge in [-0.3, -0.25) is 0 Å². The Morgan fingerprint density at radius 1 is 1.11 bits per heavy atom. The maximum Gasteiger partial charge on any atom is 0.248 e. The summed E-state index contributed by atoms with van der Waals surface area (Å²) in [6.07, 6.45) is 4.79. The Kier molecular flexibility index (Phi) is 8.90. The van der Waals surface area contributed by atoms with Gasteiger partial charge in [-0.1, -0.05) is 19.8 Å². The number of rotatable bonds is 12. The van der Waals surface area contributed by atoms with Gasteiger partial charge < -0.3 is 29.4 Å². The highest BCUT2D eigenvalue weighted by atomic mass is 16.5. The van der Waals surface area contributed by atoms with Crippen LogP contribution in [0.1, 0.15) is 55.3 Å². The molecule has 0 saturated heterocycles. The predicted octanol–water partition coefficient (Wildman–Crippen LogP) is 3.66. The molecule has 0 aliphatic heterocycles. The van der Waals surface area contributed by atoms with Crippen LogP contribution in [0, 0.1) is 6.92 Å². The van der Waals surface area contributed by atoms with Crippen LogP contribution in [0.25, 0.3) is 22.9 Å². The first kappa shape index (κ1) is 26.1. The van der Waals surface area contributed by atoms with E-state index in [4.69, 9.17) is 19.0 Å². The molecule has 2 heterocycles. The van der Waals surface area contributed by atoms with Crippen molar-refractivity contribution in [2.75, 3.05) is 33.4 Å². The van der Waals surface area contributed by atoms with Crippen LogP contribution in [0.4, 0.5) is 0 Å². The summed E-state index contributed by atoms with van der Waals surface area (Å²) in [7, 11) is 1.62. The molecule has 0 amide bonds. The van der Waals surface area contributed by atoms with Gasteiger partial charge in [0.2, 0.25) is 17.7 Å². The van der Waals surface area contributed by atoms with Crippen LogP contribution in [-0.4, -0.2) is 64.9 Å². The zero-order chi connectivity index (χ0) is 25.5. The molecule has 0 radical (unpaired) electrons. The Labute approximate surface area is 211 Å². The van der Waals surface area contributed by atoms with Crippen molar-refractivity contribution in [3.63, 3.8) is 0 Å². The molecule has 1 aliphatic carbocycles. The zero-order valence-electron chi connectivity index (χ0n) is 21.3. The van der Waals surface area contributed by atoms with E-state index in [2.05, 4.69) is 27.4 Å². The lowest BCUT2D eigenvalue weighted by atomic mass is 10.0. The lowest BCUT2D eigenvalue weighted by Crippen LogP contribution is -2.33. The molecule has 3 N–H and O–H groups in total. The number of aryl methyl sites for hydroxylation is 2. The third kappa shape index (κ3) is 6.21. The molecule has 1 aromatic carbocycles. The fraction of sp³-hybridized carbons (Fsp3) is 0.519. The predicted molar refractivity (Wildman–Crippen MR) is 136 cm³/mol. The van der Waals surface area contributed by atoms with Crippen LogP contribution < -0.4 is 14.8 Å². The number of aliphatic hydroxyl groups is 2. The minimum Gasteiger partial charge on any atom is -0.490 e. The summed E-state index contributed by atoms with van der Waals surface area (Å²) in [5.41, 5.74) is 4.56. The Morgan fingerprint density at radius 2 is 1.83 bits per heavy atom. The fourth-order valence-electron chi connectivity index (χ4n) is 4.67. The van der Waals surface area contributed by atoms with Crippen molar-refractivity contribution in [3.05, 3.63) is 41.1 Å². The smallest absolute Gasteiger partial charge is 0.248 e. The van der Waals surface area contributed by atoms with E-state index < -0.39 is 6.10 Å². The first-order valence-electron chi connectivity index (χ1n) is 12.7. The minimum atomic E-state index is -0.676. The first-order valence-corrected chi connectivity index (χ1v) is 12.7. The van der Waals surface area contributed by atoms with Gasteiger partial charge in [-0.15, -0.1) is 10.2 Å². The van der Waals surface area contributed by atoms with Crippen molar-refractivity contribution in [3.8, 4) is 34.5 Å². The number of pyridine rings is 1. The lowest BCUT2D eigenvalue weighted by Gasteiger charge is -2.17. The number of aliphatic hydroxyl groups excluding tert-OH is 2. The summed E-state index contributed by atoms with van der Waals surface area (Å²) < 4.78 is 17.5. The summed E-state index contributed by atoms with van der Waals surface area (Å²) in [6.45, 7) is 4.99. The molecule has 0 bridgehead atoms. The maximum atomic E-state index is 10.1. The van der Waals surface area contributed by atoms with Gasteiger partial charge in [0.05, 0.1) is 13.7 Å². The molecule has 36 heavy (non-hydrogen) atoms. The van der Waals surface area contributed by atoms with Crippen molar-refractivity contribution in [1.82, 2.24) is 20.5 Å². The van der Waals surface area contributed by atoms with Crippen LogP contribution in [-0.2, 0) is 6.42 Å². The second-order valence-electron chi connectivity index (χ2n) is 9.24. The zero-order valence-corrected chi connectivity index (χ0v) is 21.3. The molecular formula is C27H36N4O5. The summed E-state index contributed by atoms with van der Waals surface area (Å²) in [5.74, 6) is 2.60. The normalized spacial score (nSPS) is 14.8. The third-order valence-electron chi connectivity index (χ3n) is 6.54. The summed E-state index contributed by atoms with van der Waals surface area (Å²) in [5, 5.41) is 30.6. The van der Waals surface area contributed by atoms with Crippen molar-refractivity contribution in [2.24, 2.45) is 0 Å². The molecule has 1 fully saturated rings. The van der Waals surface area contributed by atoms with E-state index in [0.29, 0.717) is 36.7 Å². The number of methoxy groups -OCH3 is 1. The van der Waals surface area contributed by atoms with Crippen molar-refractivity contribution >= 4 is 0 Å². The average molecular weight is 497 g/mol. The lowest BCUT2D eigenvalue weighted by molar-refractivity contribution is 0.104. The number of nitrogens with one attached hydrogen (secondary N) is 1. The van der Waals surface area contributed by atoms with Crippen molar-refractivity contribution < 1.29 is 24.1 Å². The monoisotopic (exact) mass is 496 g/mol. The van der Waals surface area contributed by atoms with Gasteiger partial charge in [0.1, 0.15) is 18.5 Å². The number of benzene rings is 1. The van der Waals surface area contributed by atoms with Gasteiger partial charge in [-0.2, -0.15) is 0 Å². The molecule has 9 nitrogen and oxygen atoms in total. The van der Waals surface area contributed by atoms with Crippen molar-refractivity contribution in [1.29, 1.82) is 0 Å². The van der Waals surface area contributed by atoms with Gasteiger partial charge in [-0.05, 0) is 55.5 Å². The summed E-state index contributed by atoms with van der Waals surface area (Å²) >= 11 is 0. The fourth-order valence-corrected chi connectivity index (χ4v) is 4.67. The van der Waals surface area contributed by atoms with Crippen molar-refractivity contribution in [2.45, 2.75) is 58.0 Å². The topological polar surface area (TPSA) is 123 Å². The number of hydrogen-bond donors (Lipinski definition) is 3. The van der Waals surface area contributed by atoms with E-state index in [1.54, 1.807) is 7.11 Å². The quantitative estimate of drug-likeness (QED) is 0.322. The molecule has 9 heteroatoms. The second kappa shape index (κ2) is 12.3. The van der Waals surface area contributed by atoms with E-state index in [0.717, 1.165) is 53.0 Å². The Morgan fingerprint density at radius 3 is 2.50 bits per heavy atom. The van der Waals surface area contributed by atoms with E-state index in [9.17, 15) is 5.11 Å². The molecule has 2 aromatic heterocycles. The van der Waals surface area contributed by atoms with E-state index in [1.807, 2.05) is 31.2 Å². The molecule has 1 aliphatic rings. The molecule has 4 rings (SSSR count). The third-order valence-corrected chi connectivity index (χ3v) is 6.54. The Hall–Kier alpha value is -3.01. The van der Waals surface area contributed by atoms with Gasteiger partial charge in [0.15, 0.2) is 0 Å². The van der Waals surface area contributed by atoms with E-state index >= 15 is 0 Å². The van der Waals surface area contributed by atoms with Crippen LogP contribution >= 0.6 is 0 Å². The van der Waals surface area contributed by atoms with Crippen LogP contribution in [0.5, 0.6) is 11.6 Å². The van der Waals surface area contributed by atoms with Crippen LogP contribution in [0.15, 0.2) is 28.7 Å². The number of ether oxygens (including phenoxy) is 2. The molecule has 0 unspecified atom stereocenters. The Bertz CT molecular complexity index is 1140. The minimum absolute atomic E-state index is 0.0297. The molecule has 1 saturated carbocycles. The highest BCUT2D eigenvalue weighted by Gasteiger charge is 2.22. The summed E-state index contributed by atoms with van der Waals surface area (Å²) in [4.78, 5) is 4.66. The van der Waals surface area contributed by atoms with Gasteiger partial charge >= 0.3 is 0 Å². The number of nitrogens with zero attached hydrogens (tertiary/aromatic N) is 3. The maximum absolute atomic E-state index is 10.1. The molecule has 0 spiro atoms. The standard InChI is InChI=1S/C27H36N4O5/c1-4-18-12-20(11-17(2)25(18)35-16-22(33)15-28-9-10-32)26-30-31-27(36-26)21-13-23(19-7-5-6-8-19)29-24(14-21)34-3/h11-14,19,22,28,32-33H,4-10,15-16H2,1-3H3/t22-/m0/s1. The second-order valence-corrected chi connectivity index (χ2v) is 9.24. The highest BCUT2D eigenvalue weighted by Crippen LogP contribution is 2.37. The number of hydrogen-bond acceptors (Lipinski definition) is 9. The SMILES string of the molecule is CCc1cc(-c2nnc(-c3cc(OC)nc(C4CCCC4)c3)o2)cc(C)c1OC[C@@H](O)CNCCO. The molecular weight excluding hydrogens is 460 g/mol. The molecule has 1 atom stereocenters. The van der Waals surface area contributed by atoms with E-state index in [1.165, 1.54) is 12.8 Å². The first-order chi connectivity index (χ1) is 17.5. The summed E-state index contributed by atoms with van der Waals surface area (Å²) in [6, 6.07) is 7.82. The van der Waals surface area contributed by atoms with Crippen LogP contribution in [0.3, 0.4) is 0 Å². The highest BCUT2D eigenvalue weighted by molar-refractivity contribution is 5.63. The van der Waals surface area contributed by atoms with Crippen LogP contribution in [0.2, 0.25) is 0 Å². The van der Waals surface area contributed by atoms with Gasteiger partial charge in [-0.25, -0.2) is 4.98 Å². The molecule has 3 aromatic rings. The number of aromatic nitrogens is 3. The largest absolute Gasteiger partial charge is 0.490 e.